The van der Waals surface area contributed by atoms with E-state index in [-0.39, 0.29) is 28.8 Å². The molecule has 1 amide bonds. The van der Waals surface area contributed by atoms with Crippen LogP contribution in [0.2, 0.25) is 0 Å². The van der Waals surface area contributed by atoms with Gasteiger partial charge in [0.05, 0.1) is 19.9 Å². The van der Waals surface area contributed by atoms with E-state index < -0.39 is 5.97 Å². The second-order valence-electron chi connectivity index (χ2n) is 4.84. The van der Waals surface area contributed by atoms with Gasteiger partial charge < -0.3 is 25.2 Å². The molecule has 1 aromatic rings. The van der Waals surface area contributed by atoms with Crippen LogP contribution in [0, 0.1) is 5.92 Å². The number of benzene rings is 1. The molecule has 7 nitrogen and oxygen atoms in total. The number of nitrogens with zero attached hydrogens (tertiary/aromatic N) is 1. The molecule has 7 heteroatoms. The number of anilines is 1. The van der Waals surface area contributed by atoms with Gasteiger partial charge in [-0.2, -0.15) is 0 Å². The third-order valence-corrected chi connectivity index (χ3v) is 3.55. The van der Waals surface area contributed by atoms with Crippen LogP contribution in [-0.2, 0) is 4.79 Å². The van der Waals surface area contributed by atoms with Gasteiger partial charge in [-0.15, -0.1) is 0 Å². The number of carbonyl (C=O) groups excluding carboxylic acids is 1. The minimum atomic E-state index is -1.16. The number of hydrogen-bond donors (Lipinski definition) is 2. The number of carboxylic acids is 1. The fourth-order valence-corrected chi connectivity index (χ4v) is 2.46. The van der Waals surface area contributed by atoms with Crippen LogP contribution in [0.5, 0.6) is 11.5 Å². The average Bonchev–Trinajstić information content (AvgIpc) is 2.86. The van der Waals surface area contributed by atoms with Crippen LogP contribution in [0.3, 0.4) is 0 Å². The Morgan fingerprint density at radius 2 is 2.14 bits per heavy atom. The summed E-state index contributed by atoms with van der Waals surface area (Å²) >= 11 is 0. The van der Waals surface area contributed by atoms with Crippen molar-refractivity contribution >= 4 is 17.6 Å². The highest BCUT2D eigenvalue weighted by Gasteiger charge is 2.33. The summed E-state index contributed by atoms with van der Waals surface area (Å²) in [6.07, 6.45) is 0.315. The van der Waals surface area contributed by atoms with Crippen molar-refractivity contribution in [2.45, 2.75) is 6.42 Å². The van der Waals surface area contributed by atoms with Crippen molar-refractivity contribution in [1.29, 1.82) is 0 Å². The monoisotopic (exact) mass is 294 g/mol. The van der Waals surface area contributed by atoms with Gasteiger partial charge in [-0.05, 0) is 12.5 Å². The third-order valence-electron chi connectivity index (χ3n) is 3.55. The highest BCUT2D eigenvalue weighted by atomic mass is 16.5. The van der Waals surface area contributed by atoms with Crippen molar-refractivity contribution in [2.75, 3.05) is 32.2 Å². The van der Waals surface area contributed by atoms with Crippen molar-refractivity contribution in [1.82, 2.24) is 0 Å². The van der Waals surface area contributed by atoms with E-state index in [1.807, 2.05) is 0 Å². The van der Waals surface area contributed by atoms with Gasteiger partial charge in [-0.25, -0.2) is 4.79 Å². The molecule has 1 aliphatic rings. The van der Waals surface area contributed by atoms with Crippen molar-refractivity contribution in [2.24, 2.45) is 11.7 Å². The average molecular weight is 294 g/mol. The molecule has 1 saturated heterocycles. The molecule has 0 aliphatic carbocycles. The molecular formula is C14H18N2O5. The molecular weight excluding hydrogens is 276 g/mol. The Bertz CT molecular complexity index is 573. The normalized spacial score (nSPS) is 18.0. The molecule has 0 spiro atoms. The van der Waals surface area contributed by atoms with E-state index in [0.717, 1.165) is 0 Å². The maximum Gasteiger partial charge on any atom is 0.341 e. The lowest BCUT2D eigenvalue weighted by molar-refractivity contribution is -0.117. The Labute approximate surface area is 122 Å². The van der Waals surface area contributed by atoms with Gasteiger partial charge >= 0.3 is 5.97 Å². The number of rotatable bonds is 5. The predicted octanol–water partition coefficient (Wildman–Crippen LogP) is 0.714. The molecule has 1 unspecified atom stereocenters. The van der Waals surface area contributed by atoms with E-state index in [1.165, 1.54) is 31.3 Å². The number of amides is 1. The number of carbonyl (C=O) groups is 2. The van der Waals surface area contributed by atoms with Gasteiger partial charge in [0, 0.05) is 25.1 Å². The van der Waals surface area contributed by atoms with E-state index in [1.54, 1.807) is 0 Å². The molecule has 114 valence electrons. The van der Waals surface area contributed by atoms with Gasteiger partial charge in [0.2, 0.25) is 5.91 Å². The molecule has 1 aliphatic heterocycles. The molecule has 0 radical (unpaired) electrons. The smallest absolute Gasteiger partial charge is 0.341 e. The number of nitrogens with two attached hydrogens (primary N) is 1. The van der Waals surface area contributed by atoms with E-state index in [9.17, 15) is 14.7 Å². The lowest BCUT2D eigenvalue weighted by Gasteiger charge is -2.21. The largest absolute Gasteiger partial charge is 0.497 e. The summed E-state index contributed by atoms with van der Waals surface area (Å²) in [4.78, 5) is 25.1. The molecule has 1 aromatic carbocycles. The van der Waals surface area contributed by atoms with Gasteiger partial charge in [0.25, 0.3) is 0 Å². The molecule has 21 heavy (non-hydrogen) atoms. The first-order chi connectivity index (χ1) is 10.0. The first kappa shape index (κ1) is 15.1. The Morgan fingerprint density at radius 3 is 2.62 bits per heavy atom. The van der Waals surface area contributed by atoms with E-state index in [0.29, 0.717) is 25.3 Å². The molecule has 3 N–H and O–H groups in total. The highest BCUT2D eigenvalue weighted by Crippen LogP contribution is 2.37. The van der Waals surface area contributed by atoms with E-state index in [4.69, 9.17) is 15.2 Å². The summed E-state index contributed by atoms with van der Waals surface area (Å²) in [5, 5.41) is 9.43. The zero-order valence-electron chi connectivity index (χ0n) is 12.0. The number of hydrogen-bond acceptors (Lipinski definition) is 5. The van der Waals surface area contributed by atoms with Crippen molar-refractivity contribution in [3.63, 3.8) is 0 Å². The van der Waals surface area contributed by atoms with Gasteiger partial charge in [0.15, 0.2) is 0 Å². The maximum absolute atomic E-state index is 12.1. The van der Waals surface area contributed by atoms with Crippen LogP contribution < -0.4 is 20.1 Å². The van der Waals surface area contributed by atoms with Crippen LogP contribution in [-0.4, -0.2) is 44.3 Å². The van der Waals surface area contributed by atoms with E-state index in [2.05, 4.69) is 0 Å². The Kier molecular flexibility index (Phi) is 4.32. The quantitative estimate of drug-likeness (QED) is 0.829. The Hall–Kier alpha value is -2.28. The lowest BCUT2D eigenvalue weighted by Crippen LogP contribution is -2.27. The number of aromatic carboxylic acids is 1. The first-order valence-corrected chi connectivity index (χ1v) is 6.51. The summed E-state index contributed by atoms with van der Waals surface area (Å²) in [6, 6.07) is 3.01. The topological polar surface area (TPSA) is 102 Å². The summed E-state index contributed by atoms with van der Waals surface area (Å²) in [7, 11) is 2.84. The minimum absolute atomic E-state index is 0.0244. The molecule has 1 fully saturated rings. The van der Waals surface area contributed by atoms with Crippen LogP contribution in [0.1, 0.15) is 16.8 Å². The zero-order valence-corrected chi connectivity index (χ0v) is 12.0. The predicted molar refractivity (Wildman–Crippen MR) is 76.0 cm³/mol. The van der Waals surface area contributed by atoms with Crippen molar-refractivity contribution < 1.29 is 24.2 Å². The fourth-order valence-electron chi connectivity index (χ4n) is 2.46. The molecule has 2 rings (SSSR count). The molecule has 0 saturated carbocycles. The maximum atomic E-state index is 12.1. The van der Waals surface area contributed by atoms with Gasteiger partial charge in [-0.1, -0.05) is 0 Å². The number of methoxy groups -OCH3 is 2. The van der Waals surface area contributed by atoms with E-state index >= 15 is 0 Å². The Balaban J connectivity index is 2.55. The molecule has 0 aromatic heterocycles. The molecule has 1 atom stereocenters. The molecule has 1 heterocycles. The summed E-state index contributed by atoms with van der Waals surface area (Å²) < 4.78 is 10.3. The Morgan fingerprint density at radius 1 is 1.43 bits per heavy atom. The third kappa shape index (κ3) is 2.78. The zero-order chi connectivity index (χ0) is 15.6. The lowest BCUT2D eigenvalue weighted by atomic mass is 10.1. The number of ether oxygens (including phenoxy) is 2. The summed E-state index contributed by atoms with van der Waals surface area (Å²) in [5.74, 6) is -0.704. The van der Waals surface area contributed by atoms with Crippen LogP contribution in [0.25, 0.3) is 0 Å². The van der Waals surface area contributed by atoms with Crippen molar-refractivity contribution in [3.8, 4) is 11.5 Å². The van der Waals surface area contributed by atoms with Crippen LogP contribution >= 0.6 is 0 Å². The molecule has 0 bridgehead atoms. The SMILES string of the molecule is COc1cc(OC)c(C(=O)O)c(N2CC(CN)CC2=O)c1. The standard InChI is InChI=1S/C14H18N2O5/c1-20-9-4-10(13(14(18)19)11(5-9)21-2)16-7-8(6-15)3-12(16)17/h4-5,8H,3,6-7,15H2,1-2H3,(H,18,19). The van der Waals surface area contributed by atoms with Gasteiger partial charge in [0.1, 0.15) is 17.1 Å². The minimum Gasteiger partial charge on any atom is -0.497 e. The van der Waals surface area contributed by atoms with Crippen LogP contribution in [0.15, 0.2) is 12.1 Å². The highest BCUT2D eigenvalue weighted by molar-refractivity contribution is 6.05. The summed E-state index contributed by atoms with van der Waals surface area (Å²) in [6.45, 7) is 0.775. The second kappa shape index (κ2) is 6.01. The summed E-state index contributed by atoms with van der Waals surface area (Å²) in [5.41, 5.74) is 5.83. The van der Waals surface area contributed by atoms with Gasteiger partial charge in [-0.3, -0.25) is 4.79 Å². The first-order valence-electron chi connectivity index (χ1n) is 6.51. The fraction of sp³-hybridized carbons (Fsp3) is 0.429. The van der Waals surface area contributed by atoms with Crippen LogP contribution in [0.4, 0.5) is 5.69 Å². The van der Waals surface area contributed by atoms with Crippen molar-refractivity contribution in [3.05, 3.63) is 17.7 Å². The number of carboxylic acid groups (broad SMARTS) is 1. The second-order valence-corrected chi connectivity index (χ2v) is 4.84.